The Balaban J connectivity index is 2.89. The molecule has 1 aromatic rings. The molecular formula is C10H12N2O5S. The summed E-state index contributed by atoms with van der Waals surface area (Å²) in [6.07, 6.45) is 0.288. The standard InChI is InChI=1S/C10H12N2O5S/c1-18(16,17)12-8-5-3-2-4-7(8)11-9(13)6-10(14)15/h2-5,12H,6H2,1H3,(H,11,13)(H,14,15). The third-order valence-corrected chi connectivity index (χ3v) is 2.40. The maximum absolute atomic E-state index is 11.3. The minimum atomic E-state index is -3.48. The van der Waals surface area contributed by atoms with Gasteiger partial charge in [-0.2, -0.15) is 0 Å². The number of benzene rings is 1. The lowest BCUT2D eigenvalue weighted by Crippen LogP contribution is -2.18. The van der Waals surface area contributed by atoms with Crippen molar-refractivity contribution in [1.29, 1.82) is 0 Å². The van der Waals surface area contributed by atoms with Gasteiger partial charge in [-0.15, -0.1) is 0 Å². The highest BCUT2D eigenvalue weighted by Gasteiger charge is 2.11. The zero-order valence-electron chi connectivity index (χ0n) is 9.50. The summed E-state index contributed by atoms with van der Waals surface area (Å²) in [6, 6.07) is 6.09. The summed E-state index contributed by atoms with van der Waals surface area (Å²) in [7, 11) is -3.48. The molecule has 1 amide bonds. The first-order valence-electron chi connectivity index (χ1n) is 4.86. The van der Waals surface area contributed by atoms with Crippen LogP contribution in [0.4, 0.5) is 11.4 Å². The number of rotatable bonds is 5. The molecule has 0 saturated carbocycles. The number of para-hydroxylation sites is 2. The fraction of sp³-hybridized carbons (Fsp3) is 0.200. The van der Waals surface area contributed by atoms with Gasteiger partial charge in [0.2, 0.25) is 15.9 Å². The third kappa shape index (κ3) is 4.83. The van der Waals surface area contributed by atoms with Crippen molar-refractivity contribution < 1.29 is 23.1 Å². The van der Waals surface area contributed by atoms with Crippen LogP contribution in [0.2, 0.25) is 0 Å². The lowest BCUT2D eigenvalue weighted by atomic mass is 10.2. The molecule has 0 aliphatic carbocycles. The van der Waals surface area contributed by atoms with Gasteiger partial charge < -0.3 is 10.4 Å². The van der Waals surface area contributed by atoms with Crippen molar-refractivity contribution >= 4 is 33.3 Å². The second-order valence-corrected chi connectivity index (χ2v) is 5.29. The number of carbonyl (C=O) groups excluding carboxylic acids is 1. The van der Waals surface area contributed by atoms with E-state index in [1.54, 1.807) is 12.1 Å². The molecule has 7 nitrogen and oxygen atoms in total. The molecule has 0 spiro atoms. The minimum Gasteiger partial charge on any atom is -0.481 e. The van der Waals surface area contributed by atoms with Crippen LogP contribution >= 0.6 is 0 Å². The third-order valence-electron chi connectivity index (χ3n) is 1.81. The Morgan fingerprint density at radius 2 is 1.78 bits per heavy atom. The van der Waals surface area contributed by atoms with Crippen LogP contribution in [0.1, 0.15) is 6.42 Å². The summed E-state index contributed by atoms with van der Waals surface area (Å²) in [5.74, 6) is -1.99. The first kappa shape index (κ1) is 14.0. The average Bonchev–Trinajstić information content (AvgIpc) is 2.17. The van der Waals surface area contributed by atoms with E-state index in [0.29, 0.717) is 0 Å². The quantitative estimate of drug-likeness (QED) is 0.674. The first-order chi connectivity index (χ1) is 8.28. The number of aliphatic carboxylic acids is 1. The van der Waals surface area contributed by atoms with Crippen LogP contribution in [-0.4, -0.2) is 31.7 Å². The number of sulfonamides is 1. The average molecular weight is 272 g/mol. The van der Waals surface area contributed by atoms with E-state index in [2.05, 4.69) is 10.0 Å². The fourth-order valence-electron chi connectivity index (χ4n) is 1.21. The molecule has 0 aromatic heterocycles. The van der Waals surface area contributed by atoms with E-state index in [0.717, 1.165) is 6.26 Å². The van der Waals surface area contributed by atoms with Gasteiger partial charge in [-0.25, -0.2) is 8.42 Å². The molecule has 0 atom stereocenters. The molecule has 0 radical (unpaired) electrons. The summed E-state index contributed by atoms with van der Waals surface area (Å²) in [4.78, 5) is 21.6. The van der Waals surface area contributed by atoms with Gasteiger partial charge in [0.1, 0.15) is 6.42 Å². The van der Waals surface area contributed by atoms with E-state index in [4.69, 9.17) is 5.11 Å². The van der Waals surface area contributed by atoms with Gasteiger partial charge in [-0.3, -0.25) is 14.3 Å². The minimum absolute atomic E-state index is 0.179. The van der Waals surface area contributed by atoms with Gasteiger partial charge in [0, 0.05) is 0 Å². The van der Waals surface area contributed by atoms with Crippen molar-refractivity contribution in [3.05, 3.63) is 24.3 Å². The predicted octanol–water partition coefficient (Wildman–Crippen LogP) is 0.471. The Labute approximate surface area is 104 Å². The molecule has 3 N–H and O–H groups in total. The second-order valence-electron chi connectivity index (χ2n) is 3.54. The molecule has 98 valence electrons. The maximum atomic E-state index is 11.3. The molecule has 0 saturated heterocycles. The number of carboxylic acid groups (broad SMARTS) is 1. The Morgan fingerprint density at radius 3 is 2.28 bits per heavy atom. The van der Waals surface area contributed by atoms with E-state index >= 15 is 0 Å². The zero-order chi connectivity index (χ0) is 13.8. The molecule has 1 aromatic carbocycles. The lowest BCUT2D eigenvalue weighted by Gasteiger charge is -2.11. The second kappa shape index (κ2) is 5.50. The van der Waals surface area contributed by atoms with E-state index in [1.807, 2.05) is 0 Å². The van der Waals surface area contributed by atoms with E-state index < -0.39 is 28.3 Å². The normalized spacial score (nSPS) is 10.7. The van der Waals surface area contributed by atoms with Crippen molar-refractivity contribution in [3.63, 3.8) is 0 Å². The number of carboxylic acids is 1. The van der Waals surface area contributed by atoms with Crippen LogP contribution in [-0.2, 0) is 19.6 Å². The van der Waals surface area contributed by atoms with Crippen molar-refractivity contribution in [2.75, 3.05) is 16.3 Å². The van der Waals surface area contributed by atoms with Gasteiger partial charge in [-0.1, -0.05) is 12.1 Å². The summed E-state index contributed by atoms with van der Waals surface area (Å²) in [5, 5.41) is 10.8. The number of hydrogen-bond acceptors (Lipinski definition) is 4. The lowest BCUT2D eigenvalue weighted by molar-refractivity contribution is -0.139. The summed E-state index contributed by atoms with van der Waals surface area (Å²) in [5.41, 5.74) is 0.382. The number of anilines is 2. The number of carbonyl (C=O) groups is 2. The van der Waals surface area contributed by atoms with Gasteiger partial charge in [0.15, 0.2) is 0 Å². The van der Waals surface area contributed by atoms with Gasteiger partial charge >= 0.3 is 5.97 Å². The number of hydrogen-bond donors (Lipinski definition) is 3. The summed E-state index contributed by atoms with van der Waals surface area (Å²) < 4.78 is 24.4. The highest BCUT2D eigenvalue weighted by atomic mass is 32.2. The van der Waals surface area contributed by atoms with Crippen LogP contribution < -0.4 is 10.0 Å². The maximum Gasteiger partial charge on any atom is 0.312 e. The monoisotopic (exact) mass is 272 g/mol. The Bertz CT molecular complexity index is 567. The van der Waals surface area contributed by atoms with Crippen LogP contribution in [0.25, 0.3) is 0 Å². The molecule has 18 heavy (non-hydrogen) atoms. The highest BCUT2D eigenvalue weighted by Crippen LogP contribution is 2.21. The van der Waals surface area contributed by atoms with Crippen molar-refractivity contribution in [1.82, 2.24) is 0 Å². The highest BCUT2D eigenvalue weighted by molar-refractivity contribution is 7.92. The summed E-state index contributed by atoms with van der Waals surface area (Å²) >= 11 is 0. The smallest absolute Gasteiger partial charge is 0.312 e. The van der Waals surface area contributed by atoms with Gasteiger partial charge in [-0.05, 0) is 12.1 Å². The zero-order valence-corrected chi connectivity index (χ0v) is 10.3. The van der Waals surface area contributed by atoms with Gasteiger partial charge in [0.05, 0.1) is 17.6 Å². The van der Waals surface area contributed by atoms with Crippen molar-refractivity contribution in [3.8, 4) is 0 Å². The fourth-order valence-corrected chi connectivity index (χ4v) is 1.79. The molecule has 0 heterocycles. The molecule has 0 bridgehead atoms. The van der Waals surface area contributed by atoms with E-state index in [1.165, 1.54) is 12.1 Å². The first-order valence-corrected chi connectivity index (χ1v) is 6.75. The molecule has 1 rings (SSSR count). The SMILES string of the molecule is CS(=O)(=O)Nc1ccccc1NC(=O)CC(=O)O. The Morgan fingerprint density at radius 1 is 1.22 bits per heavy atom. The van der Waals surface area contributed by atoms with Crippen LogP contribution in [0.5, 0.6) is 0 Å². The van der Waals surface area contributed by atoms with Gasteiger partial charge in [0.25, 0.3) is 0 Å². The molecule has 0 unspecified atom stereocenters. The molecule has 0 aliphatic rings. The Hall–Kier alpha value is -2.09. The van der Waals surface area contributed by atoms with E-state index in [-0.39, 0.29) is 11.4 Å². The molecular weight excluding hydrogens is 260 g/mol. The summed E-state index contributed by atoms with van der Waals surface area (Å²) in [6.45, 7) is 0. The van der Waals surface area contributed by atoms with Crippen LogP contribution in [0.3, 0.4) is 0 Å². The topological polar surface area (TPSA) is 113 Å². The van der Waals surface area contributed by atoms with Crippen molar-refractivity contribution in [2.45, 2.75) is 6.42 Å². The Kier molecular flexibility index (Phi) is 4.27. The van der Waals surface area contributed by atoms with Crippen molar-refractivity contribution in [2.24, 2.45) is 0 Å². The molecule has 0 aliphatic heterocycles. The van der Waals surface area contributed by atoms with Crippen LogP contribution in [0, 0.1) is 0 Å². The van der Waals surface area contributed by atoms with Crippen LogP contribution in [0.15, 0.2) is 24.3 Å². The number of nitrogens with one attached hydrogen (secondary N) is 2. The van der Waals surface area contributed by atoms with E-state index in [9.17, 15) is 18.0 Å². The molecule has 0 fully saturated rings. The predicted molar refractivity (Wildman–Crippen MR) is 65.8 cm³/mol. The number of amides is 1. The largest absolute Gasteiger partial charge is 0.481 e. The molecule has 8 heteroatoms.